The van der Waals surface area contributed by atoms with E-state index in [1.54, 1.807) is 0 Å². The van der Waals surface area contributed by atoms with Gasteiger partial charge in [-0.2, -0.15) is 0 Å². The molecule has 4 atom stereocenters. The number of aromatic nitrogens is 1. The maximum atomic E-state index is 11.3. The normalized spacial score (nSPS) is 29.5. The maximum Gasteiger partial charge on any atom is 0.217 e. The number of carbonyl (C=O) groups excluding carboxylic acids is 1. The smallest absolute Gasteiger partial charge is 0.217 e. The number of amides is 1. The molecule has 1 saturated carbocycles. The molecular weight excluding hydrogens is 314 g/mol. The van der Waals surface area contributed by atoms with Gasteiger partial charge in [0.05, 0.1) is 12.1 Å². The van der Waals surface area contributed by atoms with E-state index in [0.717, 1.165) is 32.5 Å². The Labute approximate surface area is 148 Å². The molecule has 5 nitrogen and oxygen atoms in total. The predicted octanol–water partition coefficient (Wildman–Crippen LogP) is 1.94. The minimum absolute atomic E-state index is 0.0563. The maximum absolute atomic E-state index is 11.3. The lowest BCUT2D eigenvalue weighted by Crippen LogP contribution is -2.48. The van der Waals surface area contributed by atoms with Gasteiger partial charge in [-0.25, -0.2) is 0 Å². The zero-order chi connectivity index (χ0) is 17.4. The van der Waals surface area contributed by atoms with Crippen LogP contribution >= 0.6 is 0 Å². The molecule has 1 aromatic carbocycles. The summed E-state index contributed by atoms with van der Waals surface area (Å²) in [6, 6.07) is 8.28. The van der Waals surface area contributed by atoms with Crippen molar-refractivity contribution in [3.8, 4) is 0 Å². The molecule has 5 heteroatoms. The van der Waals surface area contributed by atoms with Crippen molar-refractivity contribution >= 4 is 16.7 Å². The van der Waals surface area contributed by atoms with Crippen molar-refractivity contribution in [1.82, 2.24) is 15.2 Å². The average molecular weight is 339 g/mol. The van der Waals surface area contributed by atoms with Crippen LogP contribution in [0.2, 0.25) is 0 Å². The molecule has 25 heavy (non-hydrogen) atoms. The van der Waals surface area contributed by atoms with Crippen LogP contribution < -0.4 is 5.32 Å². The van der Waals surface area contributed by atoms with Crippen molar-refractivity contribution in [2.75, 3.05) is 13.1 Å². The average Bonchev–Trinajstić information content (AvgIpc) is 2.96. The standard InChI is InChI=1S/C20H25N3O2/c1-13(24)22-19-6-15-10-23(11-16(15)7-20(19)25)12-17-9-21-8-14-4-2-3-5-18(14)17/h2-5,8-9,15-16,19-20,25H,6-7,10-12H2,1H3,(H,22,24)/t15-,16+,19-,20-/m1/s1. The fourth-order valence-corrected chi connectivity index (χ4v) is 4.62. The van der Waals surface area contributed by atoms with Crippen LogP contribution in [0, 0.1) is 11.8 Å². The number of benzene rings is 1. The Balaban J connectivity index is 1.46. The molecule has 2 heterocycles. The molecular formula is C20H25N3O2. The summed E-state index contributed by atoms with van der Waals surface area (Å²) in [4.78, 5) is 18.2. The van der Waals surface area contributed by atoms with Crippen LogP contribution in [0.25, 0.3) is 10.8 Å². The summed E-state index contributed by atoms with van der Waals surface area (Å²) in [5.41, 5.74) is 1.26. The molecule has 1 aliphatic carbocycles. The first-order valence-electron chi connectivity index (χ1n) is 9.09. The summed E-state index contributed by atoms with van der Waals surface area (Å²) < 4.78 is 0. The predicted molar refractivity (Wildman–Crippen MR) is 96.8 cm³/mol. The van der Waals surface area contributed by atoms with E-state index >= 15 is 0 Å². The van der Waals surface area contributed by atoms with E-state index in [4.69, 9.17) is 0 Å². The van der Waals surface area contributed by atoms with Crippen LogP contribution in [0.4, 0.5) is 0 Å². The first-order valence-corrected chi connectivity index (χ1v) is 9.09. The molecule has 4 rings (SSSR count). The molecule has 2 N–H and O–H groups in total. The second-order valence-corrected chi connectivity index (χ2v) is 7.58. The molecule has 2 aliphatic rings. The highest BCUT2D eigenvalue weighted by Crippen LogP contribution is 2.37. The topological polar surface area (TPSA) is 65.5 Å². The van der Waals surface area contributed by atoms with E-state index in [2.05, 4.69) is 33.4 Å². The fourth-order valence-electron chi connectivity index (χ4n) is 4.62. The minimum atomic E-state index is -0.427. The first-order chi connectivity index (χ1) is 12.1. The molecule has 1 amide bonds. The van der Waals surface area contributed by atoms with Gasteiger partial charge in [0, 0.05) is 44.3 Å². The molecule has 0 bridgehead atoms. The summed E-state index contributed by atoms with van der Waals surface area (Å²) in [7, 11) is 0. The SMILES string of the molecule is CC(=O)N[C@@H]1C[C@@H]2CN(Cc3cncc4ccccc34)C[C@@H]2C[C@H]1O. The summed E-state index contributed by atoms with van der Waals surface area (Å²) in [6.07, 6.45) is 5.11. The first kappa shape index (κ1) is 16.5. The Bertz CT molecular complexity index is 773. The third kappa shape index (κ3) is 3.39. The third-order valence-electron chi connectivity index (χ3n) is 5.75. The van der Waals surface area contributed by atoms with E-state index in [1.165, 1.54) is 23.3 Å². The molecule has 1 aliphatic heterocycles. The van der Waals surface area contributed by atoms with Gasteiger partial charge >= 0.3 is 0 Å². The van der Waals surface area contributed by atoms with Crippen molar-refractivity contribution in [2.45, 2.75) is 38.5 Å². The number of hydrogen-bond donors (Lipinski definition) is 2. The molecule has 2 aromatic rings. The zero-order valence-corrected chi connectivity index (χ0v) is 14.6. The number of aliphatic hydroxyl groups is 1. The van der Waals surface area contributed by atoms with E-state index < -0.39 is 6.10 Å². The summed E-state index contributed by atoms with van der Waals surface area (Å²) in [5, 5.41) is 15.7. The Morgan fingerprint density at radius 1 is 1.24 bits per heavy atom. The highest BCUT2D eigenvalue weighted by molar-refractivity contribution is 5.84. The molecule has 132 valence electrons. The Hall–Kier alpha value is -1.98. The van der Waals surface area contributed by atoms with Crippen molar-refractivity contribution in [3.63, 3.8) is 0 Å². The van der Waals surface area contributed by atoms with Gasteiger partial charge in [-0.3, -0.25) is 14.7 Å². The van der Waals surface area contributed by atoms with E-state index in [-0.39, 0.29) is 11.9 Å². The minimum Gasteiger partial charge on any atom is -0.391 e. The summed E-state index contributed by atoms with van der Waals surface area (Å²) >= 11 is 0. The lowest BCUT2D eigenvalue weighted by Gasteiger charge is -2.35. The van der Waals surface area contributed by atoms with E-state index in [9.17, 15) is 9.90 Å². The van der Waals surface area contributed by atoms with Crippen LogP contribution in [-0.4, -0.2) is 46.1 Å². The molecule has 1 aromatic heterocycles. The Morgan fingerprint density at radius 2 is 2.00 bits per heavy atom. The van der Waals surface area contributed by atoms with Crippen LogP contribution in [0.3, 0.4) is 0 Å². The van der Waals surface area contributed by atoms with Crippen molar-refractivity contribution < 1.29 is 9.90 Å². The van der Waals surface area contributed by atoms with Gasteiger partial charge in [0.15, 0.2) is 0 Å². The van der Waals surface area contributed by atoms with E-state index in [1.807, 2.05) is 18.5 Å². The van der Waals surface area contributed by atoms with Gasteiger partial charge in [-0.05, 0) is 35.6 Å². The fraction of sp³-hybridized carbons (Fsp3) is 0.500. The third-order valence-corrected chi connectivity index (χ3v) is 5.75. The largest absolute Gasteiger partial charge is 0.391 e. The van der Waals surface area contributed by atoms with Crippen LogP contribution in [0.1, 0.15) is 25.3 Å². The van der Waals surface area contributed by atoms with Crippen LogP contribution in [0.5, 0.6) is 0 Å². The van der Waals surface area contributed by atoms with Gasteiger partial charge in [0.25, 0.3) is 0 Å². The second-order valence-electron chi connectivity index (χ2n) is 7.58. The van der Waals surface area contributed by atoms with Gasteiger partial charge < -0.3 is 10.4 Å². The highest BCUT2D eigenvalue weighted by Gasteiger charge is 2.41. The number of hydrogen-bond acceptors (Lipinski definition) is 4. The van der Waals surface area contributed by atoms with Crippen LogP contribution in [-0.2, 0) is 11.3 Å². The number of rotatable bonds is 3. The monoisotopic (exact) mass is 339 g/mol. The Morgan fingerprint density at radius 3 is 2.80 bits per heavy atom. The molecule has 0 radical (unpaired) electrons. The van der Waals surface area contributed by atoms with Gasteiger partial charge in [0.1, 0.15) is 0 Å². The number of likely N-dealkylation sites (tertiary alicyclic amines) is 1. The number of fused-ring (bicyclic) bond motifs is 2. The van der Waals surface area contributed by atoms with Gasteiger partial charge in [0.2, 0.25) is 5.91 Å². The number of carbonyl (C=O) groups is 1. The van der Waals surface area contributed by atoms with Crippen molar-refractivity contribution in [2.24, 2.45) is 11.8 Å². The molecule has 0 spiro atoms. The van der Waals surface area contributed by atoms with Crippen molar-refractivity contribution in [1.29, 1.82) is 0 Å². The lowest BCUT2D eigenvalue weighted by molar-refractivity contribution is -0.121. The lowest BCUT2D eigenvalue weighted by atomic mass is 9.77. The number of nitrogens with one attached hydrogen (secondary N) is 1. The second kappa shape index (κ2) is 6.73. The van der Waals surface area contributed by atoms with Crippen LogP contribution in [0.15, 0.2) is 36.7 Å². The zero-order valence-electron chi connectivity index (χ0n) is 14.6. The van der Waals surface area contributed by atoms with Gasteiger partial charge in [-0.15, -0.1) is 0 Å². The highest BCUT2D eigenvalue weighted by atomic mass is 16.3. The number of nitrogens with zero attached hydrogens (tertiary/aromatic N) is 2. The van der Waals surface area contributed by atoms with Crippen molar-refractivity contribution in [3.05, 3.63) is 42.2 Å². The van der Waals surface area contributed by atoms with Gasteiger partial charge in [-0.1, -0.05) is 24.3 Å². The molecule has 1 saturated heterocycles. The number of pyridine rings is 1. The molecule has 0 unspecified atom stereocenters. The Kier molecular flexibility index (Phi) is 4.44. The van der Waals surface area contributed by atoms with E-state index in [0.29, 0.717) is 11.8 Å². The summed E-state index contributed by atoms with van der Waals surface area (Å²) in [6.45, 7) is 4.45. The number of aliphatic hydroxyl groups excluding tert-OH is 1. The molecule has 2 fully saturated rings. The summed E-state index contributed by atoms with van der Waals surface area (Å²) in [5.74, 6) is 1.00. The quantitative estimate of drug-likeness (QED) is 0.897.